The Bertz CT molecular complexity index is 570. The second kappa shape index (κ2) is 4.83. The van der Waals surface area contributed by atoms with Crippen LogP contribution in [0.4, 0.5) is 0 Å². The predicted molar refractivity (Wildman–Crippen MR) is 61.6 cm³/mol. The Balaban J connectivity index is 2.12. The van der Waals surface area contributed by atoms with Crippen molar-refractivity contribution in [2.75, 3.05) is 13.3 Å². The molecule has 1 heterocycles. The van der Waals surface area contributed by atoms with Crippen molar-refractivity contribution in [3.63, 3.8) is 0 Å². The predicted octanol–water partition coefficient (Wildman–Crippen LogP) is -0.431. The Morgan fingerprint density at radius 1 is 1.33 bits per heavy atom. The number of rotatable bonds is 5. The van der Waals surface area contributed by atoms with E-state index in [4.69, 9.17) is 15.2 Å². The van der Waals surface area contributed by atoms with E-state index in [1.54, 1.807) is 0 Å². The first kappa shape index (κ1) is 12.7. The summed E-state index contributed by atoms with van der Waals surface area (Å²) in [6, 6.07) is 4.29. The summed E-state index contributed by atoms with van der Waals surface area (Å²) in [5, 5.41) is 0. The number of nitrogens with one attached hydrogen (secondary N) is 1. The lowest BCUT2D eigenvalue weighted by atomic mass is 10.3. The largest absolute Gasteiger partial charge is 0.454 e. The van der Waals surface area contributed by atoms with Gasteiger partial charge in [0, 0.05) is 19.0 Å². The molecule has 0 aromatic heterocycles. The van der Waals surface area contributed by atoms with Crippen LogP contribution in [0.25, 0.3) is 0 Å². The lowest BCUT2D eigenvalue weighted by molar-refractivity contribution is -0.117. The number of primary amides is 1. The molecule has 1 amide bonds. The van der Waals surface area contributed by atoms with Crippen LogP contribution >= 0.6 is 0 Å². The van der Waals surface area contributed by atoms with E-state index in [1.807, 2.05) is 0 Å². The van der Waals surface area contributed by atoms with Crippen molar-refractivity contribution >= 4 is 15.9 Å². The maximum atomic E-state index is 11.9. The highest BCUT2D eigenvalue weighted by Gasteiger charge is 2.19. The first-order chi connectivity index (χ1) is 8.49. The topological polar surface area (TPSA) is 108 Å². The van der Waals surface area contributed by atoms with Gasteiger partial charge in [-0.3, -0.25) is 4.79 Å². The summed E-state index contributed by atoms with van der Waals surface area (Å²) >= 11 is 0. The first-order valence-electron chi connectivity index (χ1n) is 5.17. The van der Waals surface area contributed by atoms with Gasteiger partial charge in [0.15, 0.2) is 11.5 Å². The molecule has 98 valence electrons. The number of benzene rings is 1. The molecule has 2 rings (SSSR count). The number of sulfonamides is 1. The van der Waals surface area contributed by atoms with Gasteiger partial charge in [0.2, 0.25) is 22.7 Å². The maximum Gasteiger partial charge on any atom is 0.240 e. The summed E-state index contributed by atoms with van der Waals surface area (Å²) in [7, 11) is -3.67. The molecule has 0 radical (unpaired) electrons. The van der Waals surface area contributed by atoms with Crippen molar-refractivity contribution in [3.05, 3.63) is 18.2 Å². The fourth-order valence-corrected chi connectivity index (χ4v) is 2.48. The van der Waals surface area contributed by atoms with Gasteiger partial charge in [-0.15, -0.1) is 0 Å². The quantitative estimate of drug-likeness (QED) is 0.756. The summed E-state index contributed by atoms with van der Waals surface area (Å²) in [6.45, 7) is 0.0417. The van der Waals surface area contributed by atoms with Gasteiger partial charge >= 0.3 is 0 Å². The van der Waals surface area contributed by atoms with Crippen molar-refractivity contribution in [2.24, 2.45) is 5.73 Å². The van der Waals surface area contributed by atoms with Gasteiger partial charge in [-0.1, -0.05) is 0 Å². The second-order valence-corrected chi connectivity index (χ2v) is 5.40. The molecular weight excluding hydrogens is 260 g/mol. The van der Waals surface area contributed by atoms with Crippen LogP contribution in [-0.2, 0) is 14.8 Å². The van der Waals surface area contributed by atoms with Crippen molar-refractivity contribution in [1.82, 2.24) is 4.72 Å². The number of hydrogen-bond donors (Lipinski definition) is 2. The van der Waals surface area contributed by atoms with E-state index in [0.717, 1.165) is 0 Å². The molecule has 1 aromatic rings. The number of nitrogens with two attached hydrogens (primary N) is 1. The number of fused-ring (bicyclic) bond motifs is 1. The minimum Gasteiger partial charge on any atom is -0.454 e. The maximum absolute atomic E-state index is 11.9. The van der Waals surface area contributed by atoms with E-state index in [0.29, 0.717) is 11.5 Å². The van der Waals surface area contributed by atoms with Crippen molar-refractivity contribution < 1.29 is 22.7 Å². The monoisotopic (exact) mass is 272 g/mol. The fourth-order valence-electron chi connectivity index (χ4n) is 1.44. The average Bonchev–Trinajstić information content (AvgIpc) is 2.74. The Hall–Kier alpha value is -1.80. The minimum atomic E-state index is -3.67. The SMILES string of the molecule is NC(=O)CCNS(=O)(=O)c1ccc2c(c1)OCO2. The van der Waals surface area contributed by atoms with E-state index in [-0.39, 0.29) is 24.7 Å². The highest BCUT2D eigenvalue weighted by atomic mass is 32.2. The molecule has 8 heteroatoms. The molecule has 0 spiro atoms. The Labute approximate surface area is 104 Å². The van der Waals surface area contributed by atoms with Gasteiger partial charge in [-0.2, -0.15) is 0 Å². The van der Waals surface area contributed by atoms with E-state index in [1.165, 1.54) is 18.2 Å². The van der Waals surface area contributed by atoms with Gasteiger partial charge in [0.1, 0.15) is 0 Å². The van der Waals surface area contributed by atoms with Gasteiger partial charge in [-0.25, -0.2) is 13.1 Å². The molecule has 0 saturated heterocycles. The van der Waals surface area contributed by atoms with Crippen LogP contribution in [0, 0.1) is 0 Å². The summed E-state index contributed by atoms with van der Waals surface area (Å²) in [5.74, 6) is 0.322. The molecule has 18 heavy (non-hydrogen) atoms. The van der Waals surface area contributed by atoms with Crippen molar-refractivity contribution in [1.29, 1.82) is 0 Å². The molecule has 3 N–H and O–H groups in total. The molecule has 0 unspecified atom stereocenters. The summed E-state index contributed by atoms with van der Waals surface area (Å²) in [6.07, 6.45) is -0.0518. The normalized spacial score (nSPS) is 13.6. The van der Waals surface area contributed by atoms with E-state index >= 15 is 0 Å². The number of carbonyl (C=O) groups excluding carboxylic acids is 1. The van der Waals surface area contributed by atoms with Crippen LogP contribution < -0.4 is 19.9 Å². The smallest absolute Gasteiger partial charge is 0.240 e. The molecule has 0 atom stereocenters. The molecule has 1 aromatic carbocycles. The van der Waals surface area contributed by atoms with Crippen molar-refractivity contribution in [3.8, 4) is 11.5 Å². The minimum absolute atomic E-state index is 0.0356. The van der Waals surface area contributed by atoms with Crippen LogP contribution in [0.15, 0.2) is 23.1 Å². The molecule has 1 aliphatic heterocycles. The Kier molecular flexibility index (Phi) is 3.39. The lowest BCUT2D eigenvalue weighted by Crippen LogP contribution is -2.28. The average molecular weight is 272 g/mol. The van der Waals surface area contributed by atoms with Crippen LogP contribution in [0.1, 0.15) is 6.42 Å². The standard InChI is InChI=1S/C10H12N2O5S/c11-10(13)3-4-12-18(14,15)7-1-2-8-9(5-7)17-6-16-8/h1-2,5,12H,3-4,6H2,(H2,11,13). The Morgan fingerprint density at radius 3 is 2.78 bits per heavy atom. The highest BCUT2D eigenvalue weighted by Crippen LogP contribution is 2.33. The highest BCUT2D eigenvalue weighted by molar-refractivity contribution is 7.89. The number of ether oxygens (including phenoxy) is 2. The molecule has 0 saturated carbocycles. The van der Waals surface area contributed by atoms with Gasteiger partial charge in [-0.05, 0) is 12.1 Å². The third-order valence-electron chi connectivity index (χ3n) is 2.32. The van der Waals surface area contributed by atoms with Crippen molar-refractivity contribution in [2.45, 2.75) is 11.3 Å². The summed E-state index contributed by atoms with van der Waals surface area (Å²) < 4.78 is 36.1. The number of amides is 1. The first-order valence-corrected chi connectivity index (χ1v) is 6.65. The van der Waals surface area contributed by atoms with E-state index < -0.39 is 15.9 Å². The zero-order chi connectivity index (χ0) is 13.2. The molecule has 7 nitrogen and oxygen atoms in total. The lowest BCUT2D eigenvalue weighted by Gasteiger charge is -2.06. The summed E-state index contributed by atoms with van der Waals surface area (Å²) in [5.41, 5.74) is 4.92. The molecular formula is C10H12N2O5S. The van der Waals surface area contributed by atoms with E-state index in [2.05, 4.69) is 4.72 Å². The van der Waals surface area contributed by atoms with Crippen LogP contribution in [0.2, 0.25) is 0 Å². The molecule has 0 aliphatic carbocycles. The molecule has 0 fully saturated rings. The fraction of sp³-hybridized carbons (Fsp3) is 0.300. The third-order valence-corrected chi connectivity index (χ3v) is 3.78. The Morgan fingerprint density at radius 2 is 2.06 bits per heavy atom. The third kappa shape index (κ3) is 2.71. The van der Waals surface area contributed by atoms with Gasteiger partial charge < -0.3 is 15.2 Å². The number of carbonyl (C=O) groups is 1. The van der Waals surface area contributed by atoms with Gasteiger partial charge in [0.25, 0.3) is 0 Å². The zero-order valence-electron chi connectivity index (χ0n) is 9.38. The van der Waals surface area contributed by atoms with Gasteiger partial charge in [0.05, 0.1) is 4.90 Å². The summed E-state index contributed by atoms with van der Waals surface area (Å²) in [4.78, 5) is 10.6. The second-order valence-electron chi connectivity index (χ2n) is 3.63. The van der Waals surface area contributed by atoms with E-state index in [9.17, 15) is 13.2 Å². The van der Waals surface area contributed by atoms with Crippen LogP contribution in [-0.4, -0.2) is 27.7 Å². The molecule has 0 bridgehead atoms. The molecule has 1 aliphatic rings. The van der Waals surface area contributed by atoms with Crippen LogP contribution in [0.5, 0.6) is 11.5 Å². The zero-order valence-corrected chi connectivity index (χ0v) is 10.2. The number of hydrogen-bond acceptors (Lipinski definition) is 5. The van der Waals surface area contributed by atoms with Crippen LogP contribution in [0.3, 0.4) is 0 Å².